The van der Waals surface area contributed by atoms with E-state index in [9.17, 15) is 0 Å². The first-order valence-corrected chi connectivity index (χ1v) is 0. The van der Waals surface area contributed by atoms with Crippen molar-refractivity contribution in [3.63, 3.8) is 0 Å². The van der Waals surface area contributed by atoms with Gasteiger partial charge in [-0.1, -0.05) is 0 Å². The van der Waals surface area contributed by atoms with Gasteiger partial charge in [0.2, 0.25) is 0 Å². The van der Waals surface area contributed by atoms with Gasteiger partial charge in [0, 0.05) is 190 Å². The van der Waals surface area contributed by atoms with E-state index in [2.05, 4.69) is 0 Å². The van der Waals surface area contributed by atoms with Gasteiger partial charge in [0.05, 0.1) is 0 Å². The van der Waals surface area contributed by atoms with Crippen LogP contribution in [0.2, 0.25) is 0 Å². The fourth-order valence-corrected chi connectivity index (χ4v) is 0. The first-order chi connectivity index (χ1) is 0. The van der Waals surface area contributed by atoms with Crippen molar-refractivity contribution in [2.75, 3.05) is 0 Å². The van der Waals surface area contributed by atoms with Crippen LogP contribution in [0.15, 0.2) is 0 Å². The van der Waals surface area contributed by atoms with Crippen LogP contribution in [0.4, 0.5) is 0 Å². The molecule has 0 radical (unpaired) electrons. The van der Waals surface area contributed by atoms with Crippen LogP contribution in [0.25, 0.3) is 0 Å². The molecule has 0 aliphatic heterocycles. The molecule has 0 aliphatic carbocycles. The van der Waals surface area contributed by atoms with Gasteiger partial charge in [0.15, 0.2) is 0 Å². The van der Waals surface area contributed by atoms with Crippen LogP contribution in [-0.4, -0.2) is 0 Å². The van der Waals surface area contributed by atoms with Crippen LogP contribution in [0, 0.1) is 7.43 Å². The average molecular weight is 1670 g/mol. The van der Waals surface area contributed by atoms with Crippen molar-refractivity contribution in [1.82, 2.24) is 0 Å². The van der Waals surface area contributed by atoms with Crippen molar-refractivity contribution < 1.29 is 190 Å². The van der Waals surface area contributed by atoms with Crippen LogP contribution >= 0.6 is 0 Å². The largest absolute Gasteiger partial charge is 0.358 e. The van der Waals surface area contributed by atoms with Crippen LogP contribution in [-0.2, 0) is 190 Å². The summed E-state index contributed by atoms with van der Waals surface area (Å²) in [5, 5.41) is 0. The van der Waals surface area contributed by atoms with Crippen molar-refractivity contribution in [2.45, 2.75) is 0 Å². The summed E-state index contributed by atoms with van der Waals surface area (Å²) in [6.45, 7) is 0. The SMILES string of the molecule is [CH3-].[W].[W].[W].[W].[W].[W].[W].[W].[W]. The van der Waals surface area contributed by atoms with E-state index >= 15 is 0 Å². The van der Waals surface area contributed by atoms with Crippen molar-refractivity contribution in [2.24, 2.45) is 0 Å². The first-order valence-electron chi connectivity index (χ1n) is 0. The molecule has 0 rings (SSSR count). The summed E-state index contributed by atoms with van der Waals surface area (Å²) >= 11 is 0. The zero-order chi connectivity index (χ0) is 0. The molecule has 62 valence electrons. The monoisotopic (exact) mass is 1670 g/mol. The van der Waals surface area contributed by atoms with E-state index < -0.39 is 0 Å². The Labute approximate surface area is 192 Å². The zero-order valence-electron chi connectivity index (χ0n) is 4.67. The van der Waals surface area contributed by atoms with Gasteiger partial charge in [-0.15, -0.1) is 0 Å². The molecule has 0 bridgehead atoms. The van der Waals surface area contributed by atoms with Crippen LogP contribution < -0.4 is 0 Å². The molecule has 0 N–H and O–H groups in total. The minimum atomic E-state index is 0. The second-order valence-corrected chi connectivity index (χ2v) is 0. The fraction of sp³-hybridized carbons (Fsp3) is 0. The Morgan fingerprint density at radius 3 is 0.200 bits per heavy atom. The second-order valence-electron chi connectivity index (χ2n) is 0. The molecule has 0 spiro atoms. The Kier molecular flexibility index (Phi) is 777. The minimum absolute atomic E-state index is 0. The molecule has 0 fully saturated rings. The normalized spacial score (nSPS) is 0. The molecule has 0 aromatic heterocycles. The molecule has 10 heavy (non-hydrogen) atoms. The molecule has 9 heteroatoms. The minimum Gasteiger partial charge on any atom is -0.358 e. The van der Waals surface area contributed by atoms with Crippen molar-refractivity contribution in [3.05, 3.63) is 7.43 Å². The van der Waals surface area contributed by atoms with E-state index in [4.69, 9.17) is 0 Å². The molecule has 0 nitrogen and oxygen atoms in total. The quantitative estimate of drug-likeness (QED) is 0.310. The summed E-state index contributed by atoms with van der Waals surface area (Å²) < 4.78 is 0. The van der Waals surface area contributed by atoms with Gasteiger partial charge in [-0.05, 0) is 0 Å². The Bertz CT molecular complexity index is 4.69. The first kappa shape index (κ1) is 97.4. The number of rotatable bonds is 0. The van der Waals surface area contributed by atoms with Gasteiger partial charge in [-0.2, -0.15) is 0 Å². The Morgan fingerprint density at radius 1 is 0.200 bits per heavy atom. The van der Waals surface area contributed by atoms with E-state index in [0.717, 1.165) is 0 Å². The molecule has 0 aromatic carbocycles. The van der Waals surface area contributed by atoms with Crippen molar-refractivity contribution in [1.29, 1.82) is 0 Å². The third-order valence-electron chi connectivity index (χ3n) is 0. The van der Waals surface area contributed by atoms with E-state index in [1.165, 1.54) is 0 Å². The van der Waals surface area contributed by atoms with E-state index in [1.54, 1.807) is 0 Å². The van der Waals surface area contributed by atoms with E-state index in [1.807, 2.05) is 0 Å². The molecule has 0 saturated carbocycles. The topological polar surface area (TPSA) is 0 Å². The summed E-state index contributed by atoms with van der Waals surface area (Å²) in [4.78, 5) is 0. The van der Waals surface area contributed by atoms with E-state index in [-0.39, 0.29) is 197 Å². The molecular weight excluding hydrogens is 1670 g/mol. The summed E-state index contributed by atoms with van der Waals surface area (Å²) in [5.41, 5.74) is 0. The molecule has 0 aromatic rings. The van der Waals surface area contributed by atoms with Gasteiger partial charge >= 0.3 is 0 Å². The molecule has 0 unspecified atom stereocenters. The predicted molar refractivity (Wildman–Crippen MR) is 6.41 cm³/mol. The Balaban J connectivity index is 0. The molecule has 0 aliphatic rings. The van der Waals surface area contributed by atoms with Crippen LogP contribution in [0.1, 0.15) is 0 Å². The number of hydrogen-bond donors (Lipinski definition) is 0. The van der Waals surface area contributed by atoms with Gasteiger partial charge in [0.1, 0.15) is 0 Å². The van der Waals surface area contributed by atoms with Crippen molar-refractivity contribution in [3.8, 4) is 0 Å². The third-order valence-corrected chi connectivity index (χ3v) is 0. The zero-order valence-corrected chi connectivity index (χ0v) is 31.1. The van der Waals surface area contributed by atoms with Gasteiger partial charge in [0.25, 0.3) is 0 Å². The van der Waals surface area contributed by atoms with Crippen LogP contribution in [0.3, 0.4) is 0 Å². The maximum Gasteiger partial charge on any atom is 0 e. The third kappa shape index (κ3) is 64.4. The van der Waals surface area contributed by atoms with Gasteiger partial charge in [-0.3, -0.25) is 0 Å². The molecule has 0 atom stereocenters. The molecule has 0 heterocycles. The standard InChI is InChI=1S/CH3.9W/h1H3;;;;;;;;;/q-1;;;;;;;;;. The smallest absolute Gasteiger partial charge is 0 e. The maximum atomic E-state index is 0. The fourth-order valence-electron chi connectivity index (χ4n) is 0. The predicted octanol–water partition coefficient (Wildman–Crippen LogP) is 0.428. The van der Waals surface area contributed by atoms with Gasteiger partial charge < -0.3 is 7.43 Å². The Morgan fingerprint density at radius 2 is 0.200 bits per heavy atom. The molecule has 0 amide bonds. The average Bonchev–Trinajstić information content (AvgIpc) is 0. The van der Waals surface area contributed by atoms with E-state index in [0.29, 0.717) is 0 Å². The van der Waals surface area contributed by atoms with Gasteiger partial charge in [-0.25, -0.2) is 0 Å². The second kappa shape index (κ2) is 79.8. The molecule has 0 saturated heterocycles. The Hall–Kier alpha value is 6.19. The maximum absolute atomic E-state index is 0. The summed E-state index contributed by atoms with van der Waals surface area (Å²) in [6.07, 6.45) is 0. The summed E-state index contributed by atoms with van der Waals surface area (Å²) in [6, 6.07) is 0. The molecular formula is CH3W9-. The van der Waals surface area contributed by atoms with Crippen LogP contribution in [0.5, 0.6) is 0 Å². The summed E-state index contributed by atoms with van der Waals surface area (Å²) in [7, 11) is 0. The number of hydrogen-bond acceptors (Lipinski definition) is 0. The van der Waals surface area contributed by atoms with Crippen molar-refractivity contribution >= 4 is 0 Å². The summed E-state index contributed by atoms with van der Waals surface area (Å²) in [5.74, 6) is 0.